The zero-order chi connectivity index (χ0) is 19.1. The molecule has 4 heterocycles. The summed E-state index contributed by atoms with van der Waals surface area (Å²) in [6.45, 7) is 3.07. The van der Waals surface area contributed by atoms with Crippen LogP contribution in [0.3, 0.4) is 0 Å². The second-order valence-corrected chi connectivity index (χ2v) is 6.78. The van der Waals surface area contributed by atoms with Gasteiger partial charge in [0.25, 0.3) is 11.5 Å². The third kappa shape index (κ3) is 3.34. The summed E-state index contributed by atoms with van der Waals surface area (Å²) in [5.41, 5.74) is -2.61. The molecule has 0 aromatic carbocycles. The van der Waals surface area contributed by atoms with Gasteiger partial charge in [-0.05, 0) is 31.4 Å². The molecule has 3 aliphatic heterocycles. The van der Waals surface area contributed by atoms with E-state index in [1.165, 1.54) is 4.90 Å². The van der Waals surface area contributed by atoms with Crippen molar-refractivity contribution in [3.63, 3.8) is 0 Å². The number of halogens is 3. The van der Waals surface area contributed by atoms with E-state index in [4.69, 9.17) is 0 Å². The number of nitrogens with zero attached hydrogens (tertiary/aromatic N) is 2. The molecule has 3 aliphatic rings. The molecule has 9 heteroatoms. The van der Waals surface area contributed by atoms with Crippen LogP contribution < -0.4 is 5.56 Å². The quantitative estimate of drug-likeness (QED) is 0.882. The highest BCUT2D eigenvalue weighted by Crippen LogP contribution is 2.30. The van der Waals surface area contributed by atoms with Crippen molar-refractivity contribution in [2.75, 3.05) is 19.6 Å². The highest BCUT2D eigenvalue weighted by atomic mass is 19.4. The van der Waals surface area contributed by atoms with Gasteiger partial charge >= 0.3 is 6.18 Å². The number of aromatic nitrogens is 1. The fraction of sp³-hybridized carbons (Fsp3) is 0.588. The molecule has 0 saturated carbocycles. The molecule has 2 bridgehead atoms. The lowest BCUT2D eigenvalue weighted by molar-refractivity contribution is -0.141. The van der Waals surface area contributed by atoms with E-state index in [9.17, 15) is 27.6 Å². The molecule has 0 spiro atoms. The van der Waals surface area contributed by atoms with Crippen molar-refractivity contribution in [1.29, 1.82) is 0 Å². The number of rotatable bonds is 3. The van der Waals surface area contributed by atoms with Crippen molar-refractivity contribution in [2.45, 2.75) is 38.4 Å². The zero-order valence-electron chi connectivity index (χ0n) is 14.3. The molecule has 2 atom stereocenters. The Morgan fingerprint density at radius 1 is 1.23 bits per heavy atom. The van der Waals surface area contributed by atoms with Gasteiger partial charge in [-0.25, -0.2) is 0 Å². The molecule has 3 saturated heterocycles. The Morgan fingerprint density at radius 2 is 1.96 bits per heavy atom. The molecule has 6 nitrogen and oxygen atoms in total. The number of nitrogens with one attached hydrogen (secondary N) is 1. The molecular weight excluding hydrogens is 351 g/mol. The van der Waals surface area contributed by atoms with Crippen LogP contribution in [-0.4, -0.2) is 52.3 Å². The summed E-state index contributed by atoms with van der Waals surface area (Å²) in [6, 6.07) is 1.48. The first-order chi connectivity index (χ1) is 12.2. The molecule has 1 N–H and O–H groups in total. The standard InChI is InChI=1S/C17H20F3N3O3/c1-2-7-23-11-4-3-10(15(23)25)8-22(9-11)16(26)12-5-6-13(17(18,19)20)21-14(12)24/h5-6,10-11H,2-4,7-9H2,1H3,(H,21,24)/t10-,11+/m1/s1. The number of carbonyl (C=O) groups excluding carboxylic acids is 2. The van der Waals surface area contributed by atoms with Gasteiger partial charge in [-0.1, -0.05) is 6.92 Å². The molecule has 2 amide bonds. The molecule has 142 valence electrons. The van der Waals surface area contributed by atoms with Crippen molar-refractivity contribution >= 4 is 11.8 Å². The lowest BCUT2D eigenvalue weighted by Crippen LogP contribution is -2.48. The van der Waals surface area contributed by atoms with E-state index < -0.39 is 23.3 Å². The highest BCUT2D eigenvalue weighted by molar-refractivity contribution is 5.94. The zero-order valence-corrected chi connectivity index (χ0v) is 14.3. The number of piperidine rings is 1. The Bertz CT molecular complexity index is 774. The van der Waals surface area contributed by atoms with Gasteiger partial charge in [0.15, 0.2) is 0 Å². The van der Waals surface area contributed by atoms with Crippen molar-refractivity contribution in [2.24, 2.45) is 5.92 Å². The number of amides is 2. The number of hydrogen-bond acceptors (Lipinski definition) is 3. The van der Waals surface area contributed by atoms with Gasteiger partial charge in [-0.2, -0.15) is 13.2 Å². The number of alkyl halides is 3. The van der Waals surface area contributed by atoms with E-state index in [2.05, 4.69) is 0 Å². The van der Waals surface area contributed by atoms with E-state index in [0.717, 1.165) is 18.9 Å². The minimum absolute atomic E-state index is 0.0136. The molecule has 4 rings (SSSR count). The predicted molar refractivity (Wildman–Crippen MR) is 86.5 cm³/mol. The van der Waals surface area contributed by atoms with Crippen LogP contribution in [0, 0.1) is 5.92 Å². The van der Waals surface area contributed by atoms with Gasteiger partial charge in [0.05, 0.1) is 5.92 Å². The minimum atomic E-state index is -4.68. The average molecular weight is 371 g/mol. The topological polar surface area (TPSA) is 73.5 Å². The summed E-state index contributed by atoms with van der Waals surface area (Å²) in [4.78, 5) is 42.2. The van der Waals surface area contributed by atoms with Crippen molar-refractivity contribution in [3.8, 4) is 0 Å². The van der Waals surface area contributed by atoms with E-state index >= 15 is 0 Å². The van der Waals surface area contributed by atoms with Crippen LogP contribution in [-0.2, 0) is 11.0 Å². The van der Waals surface area contributed by atoms with Gasteiger partial charge in [0.1, 0.15) is 11.3 Å². The fourth-order valence-corrected chi connectivity index (χ4v) is 3.72. The molecule has 1 aromatic rings. The number of carbonyl (C=O) groups is 2. The third-order valence-corrected chi connectivity index (χ3v) is 4.99. The number of aromatic amines is 1. The summed E-state index contributed by atoms with van der Waals surface area (Å²) in [6.07, 6.45) is -2.42. The molecule has 1 aromatic heterocycles. The van der Waals surface area contributed by atoms with Gasteiger partial charge in [0, 0.05) is 25.7 Å². The van der Waals surface area contributed by atoms with Crippen molar-refractivity contribution < 1.29 is 22.8 Å². The third-order valence-electron chi connectivity index (χ3n) is 4.99. The number of hydrogen-bond donors (Lipinski definition) is 1. The van der Waals surface area contributed by atoms with E-state index in [-0.39, 0.29) is 30.0 Å². The largest absolute Gasteiger partial charge is 0.431 e. The number of H-pyrrole nitrogens is 1. The fourth-order valence-electron chi connectivity index (χ4n) is 3.72. The van der Waals surface area contributed by atoms with Gasteiger partial charge in [0.2, 0.25) is 5.91 Å². The van der Waals surface area contributed by atoms with Crippen LogP contribution in [0.15, 0.2) is 16.9 Å². The lowest BCUT2D eigenvalue weighted by Gasteiger charge is -2.35. The van der Waals surface area contributed by atoms with Crippen LogP contribution in [0.4, 0.5) is 13.2 Å². The minimum Gasteiger partial charge on any atom is -0.338 e. The second kappa shape index (κ2) is 6.77. The Kier molecular flexibility index (Phi) is 4.81. The molecule has 0 unspecified atom stereocenters. The normalized spacial score (nSPS) is 23.3. The molecule has 0 radical (unpaired) electrons. The van der Waals surface area contributed by atoms with Gasteiger partial charge in [-0.3, -0.25) is 14.4 Å². The molecule has 26 heavy (non-hydrogen) atoms. The lowest BCUT2D eigenvalue weighted by atomic mass is 9.94. The van der Waals surface area contributed by atoms with Crippen molar-refractivity contribution in [3.05, 3.63) is 33.7 Å². The Morgan fingerprint density at radius 3 is 2.58 bits per heavy atom. The summed E-state index contributed by atoms with van der Waals surface area (Å²) < 4.78 is 38.0. The molecular formula is C17H20F3N3O3. The summed E-state index contributed by atoms with van der Waals surface area (Å²) >= 11 is 0. The summed E-state index contributed by atoms with van der Waals surface area (Å²) in [7, 11) is 0. The first-order valence-electron chi connectivity index (χ1n) is 8.62. The van der Waals surface area contributed by atoms with Crippen LogP contribution in [0.1, 0.15) is 42.2 Å². The van der Waals surface area contributed by atoms with Crippen LogP contribution in [0.2, 0.25) is 0 Å². The van der Waals surface area contributed by atoms with E-state index in [1.54, 1.807) is 9.88 Å². The number of pyridine rings is 1. The van der Waals surface area contributed by atoms with Crippen LogP contribution in [0.25, 0.3) is 0 Å². The molecule has 0 aliphatic carbocycles. The van der Waals surface area contributed by atoms with E-state index in [1.807, 2.05) is 6.92 Å². The van der Waals surface area contributed by atoms with E-state index in [0.29, 0.717) is 25.6 Å². The second-order valence-electron chi connectivity index (χ2n) is 6.78. The average Bonchev–Trinajstić information content (AvgIpc) is 2.86. The highest BCUT2D eigenvalue weighted by Gasteiger charge is 2.42. The van der Waals surface area contributed by atoms with Crippen LogP contribution >= 0.6 is 0 Å². The first-order valence-corrected chi connectivity index (χ1v) is 8.62. The smallest absolute Gasteiger partial charge is 0.338 e. The maximum Gasteiger partial charge on any atom is 0.431 e. The maximum atomic E-state index is 12.7. The van der Waals surface area contributed by atoms with Gasteiger partial charge in [-0.15, -0.1) is 0 Å². The Hall–Kier alpha value is -2.32. The first kappa shape index (κ1) is 18.5. The van der Waals surface area contributed by atoms with Crippen molar-refractivity contribution in [1.82, 2.24) is 14.8 Å². The summed E-state index contributed by atoms with van der Waals surface area (Å²) in [5.74, 6) is -0.944. The maximum absolute atomic E-state index is 12.7. The summed E-state index contributed by atoms with van der Waals surface area (Å²) in [5, 5.41) is 0. The van der Waals surface area contributed by atoms with Crippen LogP contribution in [0.5, 0.6) is 0 Å². The molecule has 3 fully saturated rings. The SMILES string of the molecule is CCCN1C(=O)[C@@H]2CC[C@H]1CN(C(=O)c1ccc(C(F)(F)F)[nH]c1=O)C2. The van der Waals surface area contributed by atoms with Gasteiger partial charge < -0.3 is 14.8 Å². The predicted octanol–water partition coefficient (Wildman–Crippen LogP) is 1.87. The number of fused-ring (bicyclic) bond motifs is 4. The Balaban J connectivity index is 1.85. The monoisotopic (exact) mass is 371 g/mol. The Labute approximate surface area is 148 Å².